The Kier molecular flexibility index (Phi) is 5.93. The van der Waals surface area contributed by atoms with E-state index in [1.54, 1.807) is 7.11 Å². The third kappa shape index (κ3) is 3.81. The lowest BCUT2D eigenvalue weighted by Gasteiger charge is -2.36. The largest absolute Gasteiger partial charge is 0.497 e. The van der Waals surface area contributed by atoms with Crippen LogP contribution in [0.3, 0.4) is 0 Å². The molecule has 1 N–H and O–H groups in total. The van der Waals surface area contributed by atoms with Crippen LogP contribution in [0.5, 0.6) is 5.75 Å². The number of methoxy groups -OCH3 is 1. The number of benzene rings is 1. The first kappa shape index (κ1) is 18.1. The van der Waals surface area contributed by atoms with Crippen LogP contribution >= 0.6 is 12.4 Å². The Morgan fingerprint density at radius 2 is 2.09 bits per heavy atom. The molecule has 0 radical (unpaired) electrons. The van der Waals surface area contributed by atoms with Gasteiger partial charge in [0, 0.05) is 19.6 Å². The summed E-state index contributed by atoms with van der Waals surface area (Å²) in [7, 11) is 1.67. The molecule has 0 amide bonds. The number of hydrogen-bond donors (Lipinski definition) is 1. The van der Waals surface area contributed by atoms with Gasteiger partial charge in [-0.05, 0) is 36.0 Å². The van der Waals surface area contributed by atoms with Crippen LogP contribution in [0.2, 0.25) is 0 Å². The van der Waals surface area contributed by atoms with Crippen LogP contribution in [-0.2, 0) is 11.3 Å². The van der Waals surface area contributed by atoms with Gasteiger partial charge in [-0.1, -0.05) is 31.4 Å². The Hall–Kier alpha value is -1.26. The number of aliphatic carboxylic acids is 1. The summed E-state index contributed by atoms with van der Waals surface area (Å²) in [5.74, 6) is 0.0345. The smallest absolute Gasteiger partial charge is 0.308 e. The first-order valence-electron chi connectivity index (χ1n) is 8.21. The molecule has 1 atom stereocenters. The van der Waals surface area contributed by atoms with E-state index in [0.717, 1.165) is 31.7 Å². The number of hydrogen-bond acceptors (Lipinski definition) is 3. The molecule has 2 aliphatic rings. The molecule has 1 aromatic rings. The summed E-state index contributed by atoms with van der Waals surface area (Å²) >= 11 is 0. The highest BCUT2D eigenvalue weighted by Gasteiger charge is 2.50. The number of carboxylic acid groups (broad SMARTS) is 1. The van der Waals surface area contributed by atoms with Crippen LogP contribution in [-0.4, -0.2) is 36.2 Å². The predicted molar refractivity (Wildman–Crippen MR) is 92.2 cm³/mol. The lowest BCUT2D eigenvalue weighted by molar-refractivity contribution is -0.145. The van der Waals surface area contributed by atoms with Crippen molar-refractivity contribution < 1.29 is 14.6 Å². The molecule has 128 valence electrons. The van der Waals surface area contributed by atoms with Crippen molar-refractivity contribution in [3.05, 3.63) is 29.8 Å². The maximum atomic E-state index is 11.7. The molecule has 0 aromatic heterocycles. The minimum atomic E-state index is -0.616. The highest BCUT2D eigenvalue weighted by atomic mass is 35.5. The molecule has 23 heavy (non-hydrogen) atoms. The van der Waals surface area contributed by atoms with Crippen LogP contribution < -0.4 is 4.74 Å². The van der Waals surface area contributed by atoms with Gasteiger partial charge < -0.3 is 9.84 Å². The van der Waals surface area contributed by atoms with Crippen molar-refractivity contribution in [1.82, 2.24) is 4.90 Å². The molecule has 0 bridgehead atoms. The Labute approximate surface area is 144 Å². The number of halogens is 1. The van der Waals surface area contributed by atoms with Gasteiger partial charge in [0.1, 0.15) is 5.75 Å². The fourth-order valence-corrected chi connectivity index (χ4v) is 4.32. The van der Waals surface area contributed by atoms with Crippen LogP contribution in [0, 0.1) is 11.3 Å². The molecule has 4 nitrogen and oxygen atoms in total. The zero-order valence-electron chi connectivity index (χ0n) is 13.7. The third-order valence-corrected chi connectivity index (χ3v) is 5.41. The fraction of sp³-hybridized carbons (Fsp3) is 0.611. The van der Waals surface area contributed by atoms with Crippen LogP contribution in [0.4, 0.5) is 0 Å². The van der Waals surface area contributed by atoms with Gasteiger partial charge in [-0.3, -0.25) is 9.69 Å². The van der Waals surface area contributed by atoms with E-state index < -0.39 is 5.97 Å². The van der Waals surface area contributed by atoms with Crippen LogP contribution in [0.25, 0.3) is 0 Å². The molecule has 1 spiro atoms. The number of carbonyl (C=O) groups is 1. The van der Waals surface area contributed by atoms with Gasteiger partial charge in [0.2, 0.25) is 0 Å². The maximum absolute atomic E-state index is 11.7. The van der Waals surface area contributed by atoms with Gasteiger partial charge >= 0.3 is 5.97 Å². The SMILES string of the molecule is COc1cccc(CN2CC(C(=O)O)C3(CCCCC3)C2)c1.Cl. The molecule has 1 saturated heterocycles. The molecular weight excluding hydrogens is 314 g/mol. The summed E-state index contributed by atoms with van der Waals surface area (Å²) in [5.41, 5.74) is 1.19. The van der Waals surface area contributed by atoms with Crippen molar-refractivity contribution in [2.45, 2.75) is 38.6 Å². The summed E-state index contributed by atoms with van der Waals surface area (Å²) in [4.78, 5) is 14.0. The fourth-order valence-electron chi connectivity index (χ4n) is 4.32. The van der Waals surface area contributed by atoms with Gasteiger partial charge in [0.15, 0.2) is 0 Å². The lowest BCUT2D eigenvalue weighted by Crippen LogP contribution is -2.36. The van der Waals surface area contributed by atoms with E-state index >= 15 is 0 Å². The van der Waals surface area contributed by atoms with Crippen molar-refractivity contribution in [3.63, 3.8) is 0 Å². The Morgan fingerprint density at radius 1 is 1.35 bits per heavy atom. The monoisotopic (exact) mass is 339 g/mol. The second kappa shape index (κ2) is 7.54. The maximum Gasteiger partial charge on any atom is 0.308 e. The van der Waals surface area contributed by atoms with Crippen molar-refractivity contribution in [2.24, 2.45) is 11.3 Å². The topological polar surface area (TPSA) is 49.8 Å². The van der Waals surface area contributed by atoms with Crippen molar-refractivity contribution in [1.29, 1.82) is 0 Å². The first-order chi connectivity index (χ1) is 10.6. The summed E-state index contributed by atoms with van der Waals surface area (Å²) in [6, 6.07) is 8.07. The summed E-state index contributed by atoms with van der Waals surface area (Å²) in [5, 5.41) is 9.65. The van der Waals surface area contributed by atoms with Crippen molar-refractivity contribution >= 4 is 18.4 Å². The van der Waals surface area contributed by atoms with Gasteiger partial charge in [-0.25, -0.2) is 0 Å². The third-order valence-electron chi connectivity index (χ3n) is 5.41. The summed E-state index contributed by atoms with van der Waals surface area (Å²) in [6.45, 7) is 2.40. The quantitative estimate of drug-likeness (QED) is 0.910. The number of likely N-dealkylation sites (tertiary alicyclic amines) is 1. The Balaban J connectivity index is 0.00000192. The van der Waals surface area contributed by atoms with E-state index in [2.05, 4.69) is 11.0 Å². The zero-order chi connectivity index (χ0) is 15.6. The van der Waals surface area contributed by atoms with E-state index in [0.29, 0.717) is 6.54 Å². The summed E-state index contributed by atoms with van der Waals surface area (Å²) < 4.78 is 5.28. The predicted octanol–water partition coefficient (Wildman–Crippen LogP) is 3.58. The highest BCUT2D eigenvalue weighted by molar-refractivity contribution is 5.85. The van der Waals surface area contributed by atoms with E-state index in [1.807, 2.05) is 18.2 Å². The van der Waals surface area contributed by atoms with Gasteiger partial charge in [0.25, 0.3) is 0 Å². The Morgan fingerprint density at radius 3 is 2.74 bits per heavy atom. The van der Waals surface area contributed by atoms with E-state index in [-0.39, 0.29) is 23.7 Å². The lowest BCUT2D eigenvalue weighted by atomic mass is 9.68. The molecular formula is C18H26ClNO3. The average Bonchev–Trinajstić information content (AvgIpc) is 2.86. The number of rotatable bonds is 4. The number of carboxylic acids is 1. The normalized spacial score (nSPS) is 23.4. The molecule has 2 fully saturated rings. The number of nitrogens with zero attached hydrogens (tertiary/aromatic N) is 1. The second-order valence-corrected chi connectivity index (χ2v) is 6.84. The second-order valence-electron chi connectivity index (χ2n) is 6.84. The van der Waals surface area contributed by atoms with Gasteiger partial charge in [-0.15, -0.1) is 12.4 Å². The first-order valence-corrected chi connectivity index (χ1v) is 8.21. The van der Waals surface area contributed by atoms with Crippen LogP contribution in [0.1, 0.15) is 37.7 Å². The van der Waals surface area contributed by atoms with E-state index in [4.69, 9.17) is 4.74 Å². The van der Waals surface area contributed by atoms with Crippen LogP contribution in [0.15, 0.2) is 24.3 Å². The molecule has 5 heteroatoms. The summed E-state index contributed by atoms with van der Waals surface area (Å²) in [6.07, 6.45) is 5.74. The molecule has 1 saturated carbocycles. The molecule has 1 aliphatic heterocycles. The average molecular weight is 340 g/mol. The van der Waals surface area contributed by atoms with E-state index in [9.17, 15) is 9.90 Å². The van der Waals surface area contributed by atoms with Crippen molar-refractivity contribution in [2.75, 3.05) is 20.2 Å². The van der Waals surface area contributed by atoms with Crippen molar-refractivity contribution in [3.8, 4) is 5.75 Å². The number of ether oxygens (including phenoxy) is 1. The molecule has 3 rings (SSSR count). The molecule has 1 heterocycles. The minimum absolute atomic E-state index is 0. The standard InChI is InChI=1S/C18H25NO3.ClH/c1-22-15-7-5-6-14(10-15)11-19-12-16(17(20)21)18(13-19)8-3-2-4-9-18;/h5-7,10,16H,2-4,8-9,11-13H2,1H3,(H,20,21);1H. The van der Waals surface area contributed by atoms with Gasteiger partial charge in [-0.2, -0.15) is 0 Å². The molecule has 1 aliphatic carbocycles. The van der Waals surface area contributed by atoms with Gasteiger partial charge in [0.05, 0.1) is 13.0 Å². The minimum Gasteiger partial charge on any atom is -0.497 e. The zero-order valence-corrected chi connectivity index (χ0v) is 14.5. The molecule has 1 unspecified atom stereocenters. The highest BCUT2D eigenvalue weighted by Crippen LogP contribution is 2.47. The molecule has 1 aromatic carbocycles. The van der Waals surface area contributed by atoms with E-state index in [1.165, 1.54) is 24.8 Å². The Bertz CT molecular complexity index is 543.